The number of carbonyl (C=O) groups is 2. The molecule has 0 fully saturated rings. The van der Waals surface area contributed by atoms with Gasteiger partial charge in [0.05, 0.1) is 11.7 Å². The van der Waals surface area contributed by atoms with Crippen LogP contribution in [0.4, 0.5) is 0 Å². The van der Waals surface area contributed by atoms with Gasteiger partial charge in [-0.05, 0) is 31.5 Å². The van der Waals surface area contributed by atoms with Crippen molar-refractivity contribution in [3.63, 3.8) is 0 Å². The van der Waals surface area contributed by atoms with E-state index >= 15 is 0 Å². The fourth-order valence-electron chi connectivity index (χ4n) is 3.41. The maximum atomic E-state index is 12.5. The summed E-state index contributed by atoms with van der Waals surface area (Å²) in [6.07, 6.45) is -0.816. The normalized spacial score (nSPS) is 19.0. The lowest BCUT2D eigenvalue weighted by Gasteiger charge is -2.15. The van der Waals surface area contributed by atoms with Crippen molar-refractivity contribution in [1.82, 2.24) is 10.6 Å². The minimum Gasteiger partial charge on any atom is -0.489 e. The molecular weight excluding hydrogens is 344 g/mol. The number of fused-ring (bicyclic) bond motifs is 1. The van der Waals surface area contributed by atoms with Gasteiger partial charge in [0.15, 0.2) is 0 Å². The molecule has 1 aliphatic heterocycles. The quantitative estimate of drug-likeness (QED) is 0.754. The summed E-state index contributed by atoms with van der Waals surface area (Å²) in [4.78, 5) is 24.9. The summed E-state index contributed by atoms with van der Waals surface area (Å²) in [7, 11) is 1.54. The molecule has 6 heteroatoms. The van der Waals surface area contributed by atoms with E-state index in [0.29, 0.717) is 16.9 Å². The molecule has 1 heterocycles. The number of rotatable bonds is 5. The summed E-state index contributed by atoms with van der Waals surface area (Å²) in [5.41, 5.74) is 2.58. The van der Waals surface area contributed by atoms with Crippen LogP contribution in [-0.4, -0.2) is 42.7 Å². The first-order chi connectivity index (χ1) is 12.9. The first-order valence-electron chi connectivity index (χ1n) is 9.00. The maximum absolute atomic E-state index is 12.5. The Labute approximate surface area is 158 Å². The Bertz CT molecular complexity index is 849. The molecule has 6 nitrogen and oxygen atoms in total. The Morgan fingerprint density at radius 3 is 2.52 bits per heavy atom. The number of hydrogen-bond donors (Lipinski definition) is 3. The van der Waals surface area contributed by atoms with E-state index < -0.39 is 6.10 Å². The van der Waals surface area contributed by atoms with Gasteiger partial charge >= 0.3 is 0 Å². The third-order valence-electron chi connectivity index (χ3n) is 4.68. The Morgan fingerprint density at radius 2 is 1.89 bits per heavy atom. The predicted molar refractivity (Wildman–Crippen MR) is 102 cm³/mol. The fourth-order valence-corrected chi connectivity index (χ4v) is 3.41. The van der Waals surface area contributed by atoms with Crippen molar-refractivity contribution in [2.45, 2.75) is 32.0 Å². The smallest absolute Gasteiger partial charge is 0.254 e. The third kappa shape index (κ3) is 3.80. The zero-order valence-electron chi connectivity index (χ0n) is 15.7. The second-order valence-electron chi connectivity index (χ2n) is 6.79. The predicted octanol–water partition coefficient (Wildman–Crippen LogP) is 2.07. The molecule has 2 aromatic rings. The average molecular weight is 368 g/mol. The van der Waals surface area contributed by atoms with E-state index in [1.807, 2.05) is 37.3 Å². The van der Waals surface area contributed by atoms with E-state index in [0.717, 1.165) is 11.1 Å². The van der Waals surface area contributed by atoms with Crippen LogP contribution in [0.15, 0.2) is 42.5 Å². The number of amides is 2. The molecule has 1 unspecified atom stereocenters. The molecule has 0 aliphatic carbocycles. The summed E-state index contributed by atoms with van der Waals surface area (Å²) >= 11 is 0. The molecule has 2 aromatic carbocycles. The van der Waals surface area contributed by atoms with Crippen LogP contribution in [0.3, 0.4) is 0 Å². The molecule has 0 aromatic heterocycles. The Kier molecular flexibility index (Phi) is 5.46. The Balaban J connectivity index is 2.08. The van der Waals surface area contributed by atoms with Crippen molar-refractivity contribution >= 4 is 11.8 Å². The third-order valence-corrected chi connectivity index (χ3v) is 4.68. The van der Waals surface area contributed by atoms with E-state index in [9.17, 15) is 14.7 Å². The van der Waals surface area contributed by atoms with Crippen LogP contribution >= 0.6 is 0 Å². The molecule has 0 spiro atoms. The molecule has 2 amide bonds. The maximum Gasteiger partial charge on any atom is 0.254 e. The number of benzene rings is 2. The van der Waals surface area contributed by atoms with Crippen molar-refractivity contribution in [3.8, 4) is 5.75 Å². The van der Waals surface area contributed by atoms with Gasteiger partial charge in [0.2, 0.25) is 0 Å². The van der Waals surface area contributed by atoms with Crippen molar-refractivity contribution in [2.75, 3.05) is 13.6 Å². The molecule has 0 saturated carbocycles. The van der Waals surface area contributed by atoms with Crippen LogP contribution in [-0.2, 0) is 0 Å². The van der Waals surface area contributed by atoms with Gasteiger partial charge in [0.1, 0.15) is 11.9 Å². The van der Waals surface area contributed by atoms with Gasteiger partial charge in [-0.15, -0.1) is 0 Å². The second kappa shape index (κ2) is 7.80. The highest BCUT2D eigenvalue weighted by molar-refractivity contribution is 6.02. The van der Waals surface area contributed by atoms with Gasteiger partial charge in [-0.3, -0.25) is 9.59 Å². The average Bonchev–Trinajstić information content (AvgIpc) is 3.00. The topological polar surface area (TPSA) is 87.7 Å². The fraction of sp³-hybridized carbons (Fsp3) is 0.333. The molecule has 3 rings (SSSR count). The number of hydrogen-bond acceptors (Lipinski definition) is 4. The van der Waals surface area contributed by atoms with E-state index in [1.165, 1.54) is 6.07 Å². The second-order valence-corrected chi connectivity index (χ2v) is 6.79. The number of aliphatic hydroxyl groups is 1. The summed E-state index contributed by atoms with van der Waals surface area (Å²) in [6, 6.07) is 13.2. The van der Waals surface area contributed by atoms with Gasteiger partial charge in [0.25, 0.3) is 11.8 Å². The summed E-state index contributed by atoms with van der Waals surface area (Å²) in [5, 5.41) is 14.7. The van der Waals surface area contributed by atoms with Crippen LogP contribution in [0.5, 0.6) is 5.75 Å². The number of carbonyl (C=O) groups excluding carboxylic acids is 2. The number of nitrogens with one attached hydrogen (secondary N) is 2. The number of ether oxygens (including phenoxy) is 1. The van der Waals surface area contributed by atoms with Crippen LogP contribution in [0.1, 0.15) is 51.6 Å². The largest absolute Gasteiger partial charge is 0.489 e. The first kappa shape index (κ1) is 18.9. The lowest BCUT2D eigenvalue weighted by Crippen LogP contribution is -2.31. The van der Waals surface area contributed by atoms with Gasteiger partial charge in [-0.1, -0.05) is 30.3 Å². The minimum atomic E-state index is -0.651. The van der Waals surface area contributed by atoms with Crippen molar-refractivity contribution < 1.29 is 19.4 Å². The van der Waals surface area contributed by atoms with E-state index in [4.69, 9.17) is 4.74 Å². The molecule has 0 saturated heterocycles. The minimum absolute atomic E-state index is 0.0749. The van der Waals surface area contributed by atoms with Crippen LogP contribution in [0.25, 0.3) is 0 Å². The molecular formula is C21H24N2O4. The molecule has 27 heavy (non-hydrogen) atoms. The first-order valence-corrected chi connectivity index (χ1v) is 9.00. The van der Waals surface area contributed by atoms with E-state index in [-0.39, 0.29) is 30.4 Å². The van der Waals surface area contributed by atoms with Crippen molar-refractivity contribution in [1.29, 1.82) is 0 Å². The molecule has 3 atom stereocenters. The zero-order chi connectivity index (χ0) is 19.6. The van der Waals surface area contributed by atoms with E-state index in [1.54, 1.807) is 20.0 Å². The Hall–Kier alpha value is -2.86. The highest BCUT2D eigenvalue weighted by atomic mass is 16.5. The van der Waals surface area contributed by atoms with Crippen molar-refractivity contribution in [3.05, 3.63) is 64.7 Å². The highest BCUT2D eigenvalue weighted by Crippen LogP contribution is 2.44. The summed E-state index contributed by atoms with van der Waals surface area (Å²) < 4.78 is 6.03. The molecule has 0 bridgehead atoms. The SMILES string of the molecule is CNC(=O)c1cc(C(=O)NCC(C)O)cc2c1O[C@@H](C)[C@@H]2c1ccccc1. The van der Waals surface area contributed by atoms with Gasteiger partial charge < -0.3 is 20.5 Å². The highest BCUT2D eigenvalue weighted by Gasteiger charge is 2.36. The van der Waals surface area contributed by atoms with Crippen LogP contribution in [0, 0.1) is 0 Å². The van der Waals surface area contributed by atoms with Crippen LogP contribution < -0.4 is 15.4 Å². The summed E-state index contributed by atoms with van der Waals surface area (Å²) in [5.74, 6) is -0.204. The Morgan fingerprint density at radius 1 is 1.19 bits per heavy atom. The van der Waals surface area contributed by atoms with E-state index in [2.05, 4.69) is 10.6 Å². The lowest BCUT2D eigenvalue weighted by atomic mass is 9.87. The lowest BCUT2D eigenvalue weighted by molar-refractivity contribution is 0.0924. The molecule has 0 radical (unpaired) electrons. The van der Waals surface area contributed by atoms with Crippen molar-refractivity contribution in [2.24, 2.45) is 0 Å². The van der Waals surface area contributed by atoms with Gasteiger partial charge in [-0.2, -0.15) is 0 Å². The standard InChI is InChI=1S/C21H24N2O4/c1-12(24)11-23-20(25)15-9-16-18(14-7-5-4-6-8-14)13(2)27-19(16)17(10-15)21(26)22-3/h4-10,12-13,18,24H,11H2,1-3H3,(H,22,26)(H,23,25)/t12?,13-,18+/m0/s1. The molecule has 142 valence electrons. The zero-order valence-corrected chi connectivity index (χ0v) is 15.7. The molecule has 3 N–H and O–H groups in total. The molecule has 1 aliphatic rings. The van der Waals surface area contributed by atoms with Gasteiger partial charge in [0, 0.05) is 30.6 Å². The monoisotopic (exact) mass is 368 g/mol. The summed E-state index contributed by atoms with van der Waals surface area (Å²) in [6.45, 7) is 3.69. The van der Waals surface area contributed by atoms with Crippen LogP contribution in [0.2, 0.25) is 0 Å². The number of aliphatic hydroxyl groups excluding tert-OH is 1. The van der Waals surface area contributed by atoms with Gasteiger partial charge in [-0.25, -0.2) is 0 Å².